The van der Waals surface area contributed by atoms with Crippen LogP contribution in [0.5, 0.6) is 0 Å². The number of nitrogens with one attached hydrogen (secondary N) is 1. The second-order valence-corrected chi connectivity index (χ2v) is 13.2. The van der Waals surface area contributed by atoms with E-state index in [2.05, 4.69) is 30.1 Å². The van der Waals surface area contributed by atoms with Crippen LogP contribution in [0.25, 0.3) is 16.3 Å². The Balaban J connectivity index is 1.31. The van der Waals surface area contributed by atoms with Crippen molar-refractivity contribution in [2.24, 2.45) is 11.3 Å². The number of ether oxygens (including phenoxy) is 1. The van der Waals surface area contributed by atoms with Crippen molar-refractivity contribution in [1.82, 2.24) is 9.88 Å². The first-order valence-electron chi connectivity index (χ1n) is 13.5. The number of aromatic nitrogens is 1. The molecule has 3 fully saturated rings. The maximum absolute atomic E-state index is 12.5. The first-order valence-corrected chi connectivity index (χ1v) is 13.9. The minimum atomic E-state index is -0.978. The number of aromatic amines is 1. The van der Waals surface area contributed by atoms with Gasteiger partial charge in [0.1, 0.15) is 6.10 Å². The van der Waals surface area contributed by atoms with E-state index in [1.165, 1.54) is 5.57 Å². The molecule has 3 heterocycles. The Labute approximate surface area is 222 Å². The highest BCUT2D eigenvalue weighted by Gasteiger charge is 2.73. The van der Waals surface area contributed by atoms with Gasteiger partial charge in [-0.15, -0.1) is 11.6 Å². The highest BCUT2D eigenvalue weighted by Crippen LogP contribution is 2.71. The molecule has 2 aliphatic heterocycles. The van der Waals surface area contributed by atoms with Crippen molar-refractivity contribution < 1.29 is 14.9 Å². The van der Waals surface area contributed by atoms with E-state index < -0.39 is 28.3 Å². The van der Waals surface area contributed by atoms with Crippen molar-refractivity contribution in [3.8, 4) is 0 Å². The predicted octanol–water partition coefficient (Wildman–Crippen LogP) is 3.99. The van der Waals surface area contributed by atoms with Gasteiger partial charge in [-0.1, -0.05) is 31.2 Å². The zero-order chi connectivity index (χ0) is 26.0. The third-order valence-corrected chi connectivity index (χ3v) is 11.3. The number of likely N-dealkylation sites (N-methyl/N-ethyl adjacent to an activating group) is 1. The Morgan fingerprint density at radius 3 is 2.73 bits per heavy atom. The van der Waals surface area contributed by atoms with Crippen LogP contribution in [-0.2, 0) is 4.74 Å². The van der Waals surface area contributed by atoms with Crippen molar-refractivity contribution in [2.75, 3.05) is 14.1 Å². The minimum Gasteiger partial charge on any atom is -0.388 e. The number of fused-ring (bicyclic) bond motifs is 2. The molecular weight excluding hydrogens is 488 g/mol. The van der Waals surface area contributed by atoms with Crippen molar-refractivity contribution in [1.29, 1.82) is 0 Å². The molecule has 37 heavy (non-hydrogen) atoms. The van der Waals surface area contributed by atoms with E-state index in [9.17, 15) is 15.0 Å². The summed E-state index contributed by atoms with van der Waals surface area (Å²) in [6.07, 6.45) is 9.05. The van der Waals surface area contributed by atoms with E-state index in [0.29, 0.717) is 11.8 Å². The van der Waals surface area contributed by atoms with Crippen LogP contribution in [0.15, 0.2) is 53.0 Å². The fourth-order valence-electron chi connectivity index (χ4n) is 8.78. The molecule has 3 N–H and O–H groups in total. The number of H-pyrrole nitrogens is 1. The largest absolute Gasteiger partial charge is 0.388 e. The predicted molar refractivity (Wildman–Crippen MR) is 145 cm³/mol. The van der Waals surface area contributed by atoms with Gasteiger partial charge in [0.05, 0.1) is 22.2 Å². The van der Waals surface area contributed by atoms with Crippen LogP contribution in [0.3, 0.4) is 0 Å². The van der Waals surface area contributed by atoms with Crippen LogP contribution in [0, 0.1) is 11.3 Å². The molecule has 2 bridgehead atoms. The van der Waals surface area contributed by atoms with Gasteiger partial charge in [-0.2, -0.15) is 0 Å². The summed E-state index contributed by atoms with van der Waals surface area (Å²) in [5, 5.41) is 23.8. The molecule has 5 aliphatic rings. The van der Waals surface area contributed by atoms with Crippen molar-refractivity contribution in [3.05, 3.63) is 64.1 Å². The average Bonchev–Trinajstić information content (AvgIpc) is 3.40. The highest BCUT2D eigenvalue weighted by molar-refractivity contribution is 6.26. The molecule has 0 amide bonds. The van der Waals surface area contributed by atoms with Gasteiger partial charge in [-0.05, 0) is 92.3 Å². The van der Waals surface area contributed by atoms with Crippen LogP contribution < -0.4 is 5.56 Å². The van der Waals surface area contributed by atoms with Gasteiger partial charge in [0.15, 0.2) is 0 Å². The zero-order valence-electron chi connectivity index (χ0n) is 21.6. The van der Waals surface area contributed by atoms with Gasteiger partial charge in [0.25, 0.3) is 5.56 Å². The number of alkyl halides is 1. The number of hydrogen-bond acceptors (Lipinski definition) is 5. The normalized spacial score (nSPS) is 44.3. The minimum absolute atomic E-state index is 0.0684. The SMILES string of the molecule is CN(C)[C@H]1C[C@@]23CC[C@]4(O2)C2CC=C(c5ccc6cc[nH]c(=O)c6c5)[C@@]2(C)CCC4(Cl)C=C3[C@@H](O)[C@@H]1O. The topological polar surface area (TPSA) is 85.8 Å². The Morgan fingerprint density at radius 1 is 1.14 bits per heavy atom. The number of hydrogen-bond donors (Lipinski definition) is 3. The fraction of sp³-hybridized carbons (Fsp3) is 0.567. The lowest BCUT2D eigenvalue weighted by molar-refractivity contribution is -0.199. The molecule has 6 nitrogen and oxygen atoms in total. The maximum Gasteiger partial charge on any atom is 0.255 e. The van der Waals surface area contributed by atoms with Crippen molar-refractivity contribution >= 4 is 27.9 Å². The van der Waals surface area contributed by atoms with E-state index in [1.54, 1.807) is 6.20 Å². The zero-order valence-corrected chi connectivity index (χ0v) is 22.4. The number of aliphatic hydroxyl groups excluding tert-OH is 2. The summed E-state index contributed by atoms with van der Waals surface area (Å²) >= 11 is 7.54. The molecule has 1 aromatic carbocycles. The van der Waals surface area contributed by atoms with E-state index >= 15 is 0 Å². The summed E-state index contributed by atoms with van der Waals surface area (Å²) in [6, 6.07) is 7.96. The maximum atomic E-state index is 12.5. The number of rotatable bonds is 2. The van der Waals surface area contributed by atoms with Gasteiger partial charge in [-0.25, -0.2) is 0 Å². The lowest BCUT2D eigenvalue weighted by Gasteiger charge is -2.61. The monoisotopic (exact) mass is 522 g/mol. The van der Waals surface area contributed by atoms with Crippen LogP contribution in [0.1, 0.15) is 51.0 Å². The second-order valence-electron chi connectivity index (χ2n) is 12.6. The Kier molecular flexibility index (Phi) is 4.94. The molecule has 196 valence electrons. The summed E-state index contributed by atoms with van der Waals surface area (Å²) in [7, 11) is 3.90. The van der Waals surface area contributed by atoms with Crippen molar-refractivity contribution in [2.45, 2.75) is 79.8 Å². The molecule has 8 atom stereocenters. The summed E-state index contributed by atoms with van der Waals surface area (Å²) in [6.45, 7) is 2.34. The Bertz CT molecular complexity index is 1430. The Hall–Kier alpha value is -1.96. The van der Waals surface area contributed by atoms with Crippen molar-refractivity contribution in [3.63, 3.8) is 0 Å². The molecule has 2 aromatic rings. The molecule has 1 saturated heterocycles. The number of halogens is 1. The highest BCUT2D eigenvalue weighted by atomic mass is 35.5. The number of benzene rings is 1. The quantitative estimate of drug-likeness (QED) is 0.410. The molecule has 3 aliphatic carbocycles. The molecule has 1 aromatic heterocycles. The van der Waals surface area contributed by atoms with Gasteiger partial charge in [0, 0.05) is 23.5 Å². The summed E-state index contributed by atoms with van der Waals surface area (Å²) in [5.41, 5.74) is 1.81. The summed E-state index contributed by atoms with van der Waals surface area (Å²) in [4.78, 5) is 16.6. The molecule has 2 saturated carbocycles. The third-order valence-electron chi connectivity index (χ3n) is 10.7. The lowest BCUT2D eigenvalue weighted by Crippen LogP contribution is -2.68. The second kappa shape index (κ2) is 7.57. The van der Waals surface area contributed by atoms with E-state index in [4.69, 9.17) is 16.3 Å². The molecule has 0 radical (unpaired) electrons. The van der Waals surface area contributed by atoms with E-state index in [-0.39, 0.29) is 22.9 Å². The molecule has 7 rings (SSSR count). The van der Waals surface area contributed by atoms with Crippen LogP contribution in [0.2, 0.25) is 0 Å². The molecular formula is C30H35ClN2O4. The van der Waals surface area contributed by atoms with Gasteiger partial charge in [0.2, 0.25) is 0 Å². The van der Waals surface area contributed by atoms with Crippen LogP contribution in [0.4, 0.5) is 0 Å². The van der Waals surface area contributed by atoms with E-state index in [1.807, 2.05) is 37.2 Å². The van der Waals surface area contributed by atoms with Gasteiger partial charge < -0.3 is 24.8 Å². The molecule has 2 unspecified atom stereocenters. The smallest absolute Gasteiger partial charge is 0.255 e. The first kappa shape index (κ1) is 24.1. The molecule has 2 spiro atoms. The lowest BCUT2D eigenvalue weighted by atomic mass is 9.54. The van der Waals surface area contributed by atoms with E-state index in [0.717, 1.165) is 48.6 Å². The molecule has 7 heteroatoms. The number of aliphatic hydroxyl groups is 2. The number of nitrogens with zero attached hydrogens (tertiary/aromatic N) is 1. The van der Waals surface area contributed by atoms with Crippen LogP contribution >= 0.6 is 11.6 Å². The first-order chi connectivity index (χ1) is 17.5. The summed E-state index contributed by atoms with van der Waals surface area (Å²) in [5.74, 6) is 0.185. The number of allylic oxidation sites excluding steroid dienone is 2. The average molecular weight is 523 g/mol. The van der Waals surface area contributed by atoms with Gasteiger partial charge >= 0.3 is 0 Å². The van der Waals surface area contributed by atoms with Crippen LogP contribution in [-0.4, -0.2) is 68.5 Å². The summed E-state index contributed by atoms with van der Waals surface area (Å²) < 4.78 is 7.25. The third kappa shape index (κ3) is 2.94. The fourth-order valence-corrected chi connectivity index (χ4v) is 9.26. The Morgan fingerprint density at radius 2 is 1.95 bits per heavy atom. The van der Waals surface area contributed by atoms with Gasteiger partial charge in [-0.3, -0.25) is 4.79 Å². The standard InChI is InChI=1S/C30H35ClN2O4/c1-27-9-11-29(31)15-21-24(34)25(35)22(33(2)3)16-28(21)10-12-30(29,37-28)23(27)7-6-20(27)18-5-4-17-8-13-32-26(36)19(17)14-18/h4-6,8,13-15,22-25,34-35H,7,9-12,16H2,1-3H3,(H,32,36)/t22-,23?,24+,25+,27+,28+,29?,30-/m0/s1. The number of pyridine rings is 1.